The fourth-order valence-corrected chi connectivity index (χ4v) is 5.18. The summed E-state index contributed by atoms with van der Waals surface area (Å²) < 4.78 is 30.5. The van der Waals surface area contributed by atoms with Gasteiger partial charge in [0.25, 0.3) is 11.8 Å². The van der Waals surface area contributed by atoms with Crippen molar-refractivity contribution in [1.29, 1.82) is 0 Å². The predicted molar refractivity (Wildman–Crippen MR) is 112 cm³/mol. The first kappa shape index (κ1) is 20.9. The van der Waals surface area contributed by atoms with E-state index in [0.29, 0.717) is 6.42 Å². The van der Waals surface area contributed by atoms with Gasteiger partial charge in [0.2, 0.25) is 20.7 Å². The summed E-state index contributed by atoms with van der Waals surface area (Å²) >= 11 is 0. The Morgan fingerprint density at radius 2 is 1.74 bits per heavy atom. The zero-order chi connectivity index (χ0) is 22.3. The Balaban J connectivity index is 1.71. The van der Waals surface area contributed by atoms with Crippen molar-refractivity contribution in [2.24, 2.45) is 5.10 Å². The van der Waals surface area contributed by atoms with Crippen molar-refractivity contribution in [1.82, 2.24) is 4.90 Å². The maximum atomic E-state index is 13.0. The lowest BCUT2D eigenvalue weighted by Gasteiger charge is -2.24. The largest absolute Gasteiger partial charge is 0.383 e. The molecule has 0 spiro atoms. The molecule has 10 heteroatoms. The maximum Gasteiger partial charge on any atom is 0.264 e. The molecule has 0 radical (unpaired) electrons. The van der Waals surface area contributed by atoms with Crippen LogP contribution in [0.15, 0.2) is 52.5 Å². The van der Waals surface area contributed by atoms with Gasteiger partial charge in [-0.3, -0.25) is 24.7 Å². The summed E-state index contributed by atoms with van der Waals surface area (Å²) in [5, 5.41) is 3.17. The van der Waals surface area contributed by atoms with Gasteiger partial charge in [0.1, 0.15) is 0 Å². The van der Waals surface area contributed by atoms with Crippen LogP contribution < -0.4 is 5.43 Å². The standard InChI is InChI=1S/C21H19N3O6S/c1-3-12(11-30-2)24-20(26)14-8-6-9-15(17(14)21(24)27)22-23-19-18(25)13-7-4-5-10-16(13)31(19,28)29/h4-10,12,22H,3,11H2,1-2H3. The molecule has 2 aromatic rings. The van der Waals surface area contributed by atoms with Gasteiger partial charge in [0.15, 0.2) is 0 Å². The number of nitrogens with zero attached hydrogens (tertiary/aromatic N) is 2. The molecule has 1 N–H and O–H groups in total. The maximum absolute atomic E-state index is 13.0. The van der Waals surface area contributed by atoms with Crippen LogP contribution in [0.2, 0.25) is 0 Å². The molecule has 2 amide bonds. The number of fused-ring (bicyclic) bond motifs is 2. The van der Waals surface area contributed by atoms with Crippen LogP contribution in [0.1, 0.15) is 44.4 Å². The summed E-state index contributed by atoms with van der Waals surface area (Å²) in [6.07, 6.45) is 0.509. The van der Waals surface area contributed by atoms with Crippen molar-refractivity contribution in [3.63, 3.8) is 0 Å². The lowest BCUT2D eigenvalue weighted by molar-refractivity contribution is 0.0466. The summed E-state index contributed by atoms with van der Waals surface area (Å²) in [4.78, 5) is 39.5. The fourth-order valence-electron chi connectivity index (χ4n) is 3.75. The second-order valence-corrected chi connectivity index (χ2v) is 8.92. The zero-order valence-corrected chi connectivity index (χ0v) is 17.6. The molecular formula is C21H19N3O6S. The van der Waals surface area contributed by atoms with E-state index in [1.54, 1.807) is 12.1 Å². The number of hydrogen-bond donors (Lipinski definition) is 1. The molecule has 1 unspecified atom stereocenters. The number of methoxy groups -OCH3 is 1. The minimum atomic E-state index is -4.08. The van der Waals surface area contributed by atoms with Gasteiger partial charge in [-0.05, 0) is 30.7 Å². The molecule has 1 atom stereocenters. The molecule has 2 aliphatic rings. The Morgan fingerprint density at radius 3 is 2.42 bits per heavy atom. The SMILES string of the molecule is CCC(COC)N1C(=O)c2cccc(NN=C3C(=O)c4ccccc4S3(=O)=O)c2C1=O. The van der Waals surface area contributed by atoms with Gasteiger partial charge in [-0.1, -0.05) is 25.1 Å². The van der Waals surface area contributed by atoms with Gasteiger partial charge in [-0.15, -0.1) is 0 Å². The molecule has 2 aromatic carbocycles. The molecule has 0 bridgehead atoms. The van der Waals surface area contributed by atoms with E-state index in [9.17, 15) is 22.8 Å². The highest BCUT2D eigenvalue weighted by molar-refractivity contribution is 8.09. The number of ketones is 1. The Labute approximate surface area is 178 Å². The van der Waals surface area contributed by atoms with Crippen LogP contribution in [-0.4, -0.2) is 55.7 Å². The van der Waals surface area contributed by atoms with E-state index in [1.165, 1.54) is 37.4 Å². The van der Waals surface area contributed by atoms with E-state index in [4.69, 9.17) is 4.74 Å². The minimum Gasteiger partial charge on any atom is -0.383 e. The second-order valence-electron chi connectivity index (χ2n) is 7.08. The molecule has 0 aliphatic carbocycles. The third-order valence-electron chi connectivity index (χ3n) is 5.29. The normalized spacial score (nSPS) is 19.0. The third kappa shape index (κ3) is 3.15. The van der Waals surface area contributed by atoms with Crippen LogP contribution >= 0.6 is 0 Å². The first-order valence-electron chi connectivity index (χ1n) is 9.55. The molecule has 0 saturated carbocycles. The molecule has 0 saturated heterocycles. The molecule has 160 valence electrons. The highest BCUT2D eigenvalue weighted by Gasteiger charge is 2.43. The number of hydrazone groups is 1. The van der Waals surface area contributed by atoms with Gasteiger partial charge in [0.05, 0.1) is 34.4 Å². The van der Waals surface area contributed by atoms with Crippen molar-refractivity contribution in [3.8, 4) is 0 Å². The van der Waals surface area contributed by atoms with Gasteiger partial charge in [-0.25, -0.2) is 8.42 Å². The molecule has 9 nitrogen and oxygen atoms in total. The van der Waals surface area contributed by atoms with Crippen LogP contribution in [0.5, 0.6) is 0 Å². The number of imide groups is 1. The summed E-state index contributed by atoms with van der Waals surface area (Å²) in [6, 6.07) is 9.96. The van der Waals surface area contributed by atoms with Gasteiger partial charge < -0.3 is 4.74 Å². The van der Waals surface area contributed by atoms with Crippen molar-refractivity contribution in [2.75, 3.05) is 19.1 Å². The number of Topliss-reactive ketones (excluding diaryl/α,β-unsaturated/α-hetero) is 1. The summed E-state index contributed by atoms with van der Waals surface area (Å²) in [5.74, 6) is -1.72. The van der Waals surface area contributed by atoms with Crippen LogP contribution in [0.3, 0.4) is 0 Å². The Kier molecular flexibility index (Phi) is 5.19. The van der Waals surface area contributed by atoms with Crippen LogP contribution in [-0.2, 0) is 14.6 Å². The van der Waals surface area contributed by atoms with E-state index < -0.39 is 38.5 Å². The number of ether oxygens (including phenoxy) is 1. The van der Waals surface area contributed by atoms with Gasteiger partial charge in [-0.2, -0.15) is 5.10 Å². The molecule has 31 heavy (non-hydrogen) atoms. The van der Waals surface area contributed by atoms with Gasteiger partial charge in [0, 0.05) is 12.7 Å². The smallest absolute Gasteiger partial charge is 0.264 e. The van der Waals surface area contributed by atoms with Crippen molar-refractivity contribution < 1.29 is 27.5 Å². The predicted octanol–water partition coefficient (Wildman–Crippen LogP) is 2.10. The number of benzene rings is 2. The topological polar surface area (TPSA) is 122 Å². The number of anilines is 1. The average Bonchev–Trinajstić information content (AvgIpc) is 3.13. The van der Waals surface area contributed by atoms with E-state index >= 15 is 0 Å². The third-order valence-corrected chi connectivity index (χ3v) is 7.01. The van der Waals surface area contributed by atoms with Crippen LogP contribution in [0.25, 0.3) is 0 Å². The Hall–Kier alpha value is -3.37. The van der Waals surface area contributed by atoms with Crippen molar-refractivity contribution in [2.45, 2.75) is 24.3 Å². The fraction of sp³-hybridized carbons (Fsp3) is 0.238. The number of sulfone groups is 1. The first-order chi connectivity index (χ1) is 14.8. The first-order valence-corrected chi connectivity index (χ1v) is 11.0. The zero-order valence-electron chi connectivity index (χ0n) is 16.8. The highest BCUT2D eigenvalue weighted by Crippen LogP contribution is 2.32. The number of nitrogens with one attached hydrogen (secondary N) is 1. The van der Waals surface area contributed by atoms with E-state index in [2.05, 4.69) is 10.5 Å². The van der Waals surface area contributed by atoms with Crippen LogP contribution in [0, 0.1) is 0 Å². The average molecular weight is 441 g/mol. The number of hydrogen-bond acceptors (Lipinski definition) is 8. The van der Waals surface area contributed by atoms with Crippen molar-refractivity contribution in [3.05, 3.63) is 59.2 Å². The van der Waals surface area contributed by atoms with Crippen molar-refractivity contribution >= 4 is 38.2 Å². The van der Waals surface area contributed by atoms with E-state index in [0.717, 1.165) is 4.90 Å². The molecule has 0 aromatic heterocycles. The number of rotatable bonds is 6. The summed E-state index contributed by atoms with van der Waals surface area (Å²) in [5.41, 5.74) is 2.96. The van der Waals surface area contributed by atoms with E-state index in [-0.39, 0.29) is 33.9 Å². The lowest BCUT2D eigenvalue weighted by Crippen LogP contribution is -2.42. The number of amides is 2. The second kappa shape index (κ2) is 7.71. The van der Waals surface area contributed by atoms with E-state index in [1.807, 2.05) is 6.92 Å². The molecule has 4 rings (SSSR count). The summed E-state index contributed by atoms with van der Waals surface area (Å²) in [7, 11) is -2.59. The molecular weight excluding hydrogens is 422 g/mol. The molecule has 2 heterocycles. The highest BCUT2D eigenvalue weighted by atomic mass is 32.2. The minimum absolute atomic E-state index is 0.0455. The van der Waals surface area contributed by atoms with Gasteiger partial charge >= 0.3 is 0 Å². The van der Waals surface area contributed by atoms with Crippen LogP contribution in [0.4, 0.5) is 5.69 Å². The monoisotopic (exact) mass is 441 g/mol. The Bertz CT molecular complexity index is 1250. The summed E-state index contributed by atoms with van der Waals surface area (Å²) in [6.45, 7) is 2.03. The quantitative estimate of drug-likeness (QED) is 0.538. The number of carbonyl (C=O) groups is 3. The molecule has 0 fully saturated rings. The lowest BCUT2D eigenvalue weighted by atomic mass is 10.1. The molecule has 2 aliphatic heterocycles. The number of carbonyl (C=O) groups excluding carboxylic acids is 3. The Morgan fingerprint density at radius 1 is 1.03 bits per heavy atom.